The first kappa shape index (κ1) is 13.1. The van der Waals surface area contributed by atoms with Crippen LogP contribution in [0.15, 0.2) is 16.7 Å². The van der Waals surface area contributed by atoms with Crippen LogP contribution >= 0.6 is 22.9 Å². The first-order valence-corrected chi connectivity index (χ1v) is 7.67. The van der Waals surface area contributed by atoms with E-state index >= 15 is 0 Å². The van der Waals surface area contributed by atoms with Gasteiger partial charge in [-0.1, -0.05) is 16.8 Å². The van der Waals surface area contributed by atoms with Gasteiger partial charge in [0.05, 0.1) is 10.3 Å². The summed E-state index contributed by atoms with van der Waals surface area (Å²) in [6, 6.07) is 4.07. The number of thiophene rings is 1. The topological polar surface area (TPSA) is 42.2 Å². The summed E-state index contributed by atoms with van der Waals surface area (Å²) in [7, 11) is 0. The van der Waals surface area contributed by atoms with Gasteiger partial charge in [-0.05, 0) is 38.4 Å². The van der Waals surface area contributed by atoms with Crippen LogP contribution in [0, 0.1) is 6.92 Å². The molecule has 0 aliphatic carbocycles. The molecular weight excluding hydrogens is 282 g/mol. The van der Waals surface area contributed by atoms with Crippen molar-refractivity contribution < 1.29 is 4.52 Å². The van der Waals surface area contributed by atoms with E-state index in [1.165, 1.54) is 11.3 Å². The lowest BCUT2D eigenvalue weighted by Gasteiger charge is -2.30. The normalized spacial score (nSPS) is 20.8. The van der Waals surface area contributed by atoms with E-state index in [0.717, 1.165) is 42.1 Å². The SMILES string of the molecule is Cc1noc([C@@H]2CCCN(Cc3ccc(Cl)s3)C2)n1. The Balaban J connectivity index is 1.64. The first-order valence-electron chi connectivity index (χ1n) is 6.47. The van der Waals surface area contributed by atoms with Crippen LogP contribution in [0.5, 0.6) is 0 Å². The number of rotatable bonds is 3. The Labute approximate surface area is 121 Å². The van der Waals surface area contributed by atoms with Gasteiger partial charge in [-0.25, -0.2) is 0 Å². The van der Waals surface area contributed by atoms with Gasteiger partial charge in [-0.2, -0.15) is 4.98 Å². The minimum atomic E-state index is 0.366. The molecule has 1 fully saturated rings. The summed E-state index contributed by atoms with van der Waals surface area (Å²) in [4.78, 5) is 8.11. The third-order valence-corrected chi connectivity index (χ3v) is 4.62. The third-order valence-electron chi connectivity index (χ3n) is 3.41. The molecule has 19 heavy (non-hydrogen) atoms. The summed E-state index contributed by atoms with van der Waals surface area (Å²) in [6.07, 6.45) is 2.30. The molecule has 0 spiro atoms. The molecule has 0 radical (unpaired) electrons. The van der Waals surface area contributed by atoms with Crippen LogP contribution < -0.4 is 0 Å². The van der Waals surface area contributed by atoms with E-state index in [1.807, 2.05) is 13.0 Å². The molecule has 0 unspecified atom stereocenters. The lowest BCUT2D eigenvalue weighted by Crippen LogP contribution is -2.33. The Morgan fingerprint density at radius 2 is 2.42 bits per heavy atom. The predicted molar refractivity (Wildman–Crippen MR) is 75.6 cm³/mol. The molecule has 1 saturated heterocycles. The minimum Gasteiger partial charge on any atom is -0.339 e. The summed E-state index contributed by atoms with van der Waals surface area (Å²) in [5.41, 5.74) is 0. The van der Waals surface area contributed by atoms with E-state index < -0.39 is 0 Å². The Bertz CT molecular complexity index is 554. The van der Waals surface area contributed by atoms with E-state index in [4.69, 9.17) is 16.1 Å². The van der Waals surface area contributed by atoms with E-state index in [1.54, 1.807) is 11.3 Å². The summed E-state index contributed by atoms with van der Waals surface area (Å²) in [6.45, 7) is 4.93. The van der Waals surface area contributed by atoms with Gasteiger partial charge in [-0.15, -0.1) is 11.3 Å². The molecule has 3 rings (SSSR count). The second kappa shape index (κ2) is 5.61. The van der Waals surface area contributed by atoms with Gasteiger partial charge in [-0.3, -0.25) is 4.90 Å². The van der Waals surface area contributed by atoms with E-state index in [2.05, 4.69) is 21.1 Å². The van der Waals surface area contributed by atoms with Crippen molar-refractivity contribution in [3.05, 3.63) is 33.1 Å². The van der Waals surface area contributed by atoms with E-state index in [9.17, 15) is 0 Å². The average molecular weight is 298 g/mol. The maximum atomic E-state index is 5.97. The van der Waals surface area contributed by atoms with Crippen LogP contribution in [0.4, 0.5) is 0 Å². The number of aromatic nitrogens is 2. The Hall–Kier alpha value is -0.910. The molecule has 2 aromatic rings. The molecule has 1 aliphatic rings. The molecule has 0 saturated carbocycles. The van der Waals surface area contributed by atoms with Crippen molar-refractivity contribution in [2.75, 3.05) is 13.1 Å². The zero-order valence-electron chi connectivity index (χ0n) is 10.8. The number of piperidine rings is 1. The van der Waals surface area contributed by atoms with Crippen LogP contribution in [-0.2, 0) is 6.54 Å². The fraction of sp³-hybridized carbons (Fsp3) is 0.538. The van der Waals surface area contributed by atoms with Gasteiger partial charge >= 0.3 is 0 Å². The minimum absolute atomic E-state index is 0.366. The molecule has 0 N–H and O–H groups in total. The predicted octanol–water partition coefficient (Wildman–Crippen LogP) is 3.47. The molecule has 2 aromatic heterocycles. The highest BCUT2D eigenvalue weighted by molar-refractivity contribution is 7.16. The molecule has 1 atom stereocenters. The Morgan fingerprint density at radius 3 is 3.11 bits per heavy atom. The van der Waals surface area contributed by atoms with Crippen LogP contribution in [0.1, 0.15) is 35.4 Å². The molecule has 102 valence electrons. The van der Waals surface area contributed by atoms with Gasteiger partial charge in [0.1, 0.15) is 0 Å². The largest absolute Gasteiger partial charge is 0.339 e. The lowest BCUT2D eigenvalue weighted by molar-refractivity contribution is 0.181. The third kappa shape index (κ3) is 3.16. The van der Waals surface area contributed by atoms with Gasteiger partial charge < -0.3 is 4.52 Å². The fourth-order valence-corrected chi connectivity index (χ4v) is 3.67. The van der Waals surface area contributed by atoms with Gasteiger partial charge in [0, 0.05) is 18.0 Å². The van der Waals surface area contributed by atoms with Crippen LogP contribution in [-0.4, -0.2) is 28.1 Å². The Kier molecular flexibility index (Phi) is 3.86. The maximum absolute atomic E-state index is 5.97. The van der Waals surface area contributed by atoms with E-state index in [-0.39, 0.29) is 0 Å². The lowest BCUT2D eigenvalue weighted by atomic mass is 9.98. The molecule has 4 nitrogen and oxygen atoms in total. The average Bonchev–Trinajstić information content (AvgIpc) is 2.99. The van der Waals surface area contributed by atoms with Crippen LogP contribution in [0.25, 0.3) is 0 Å². The monoisotopic (exact) mass is 297 g/mol. The number of likely N-dealkylation sites (tertiary alicyclic amines) is 1. The maximum Gasteiger partial charge on any atom is 0.231 e. The molecule has 0 bridgehead atoms. The highest BCUT2D eigenvalue weighted by atomic mass is 35.5. The van der Waals surface area contributed by atoms with Gasteiger partial charge in [0.2, 0.25) is 5.89 Å². The standard InChI is InChI=1S/C13H16ClN3OS/c1-9-15-13(18-16-9)10-3-2-6-17(7-10)8-11-4-5-12(14)19-11/h4-5,10H,2-3,6-8H2,1H3/t10-/m1/s1. The molecule has 0 amide bonds. The van der Waals surface area contributed by atoms with Gasteiger partial charge in [0.15, 0.2) is 5.82 Å². The molecule has 3 heterocycles. The summed E-state index contributed by atoms with van der Waals surface area (Å²) < 4.78 is 6.16. The molecule has 0 aromatic carbocycles. The number of halogens is 1. The number of hydrogen-bond acceptors (Lipinski definition) is 5. The summed E-state index contributed by atoms with van der Waals surface area (Å²) >= 11 is 7.63. The first-order chi connectivity index (χ1) is 9.20. The zero-order valence-corrected chi connectivity index (χ0v) is 12.4. The van der Waals surface area contributed by atoms with Crippen molar-refractivity contribution in [1.29, 1.82) is 0 Å². The smallest absolute Gasteiger partial charge is 0.231 e. The second-order valence-electron chi connectivity index (χ2n) is 4.96. The van der Waals surface area contributed by atoms with Crippen LogP contribution in [0.3, 0.4) is 0 Å². The summed E-state index contributed by atoms with van der Waals surface area (Å²) in [5, 5.41) is 3.88. The number of hydrogen-bond donors (Lipinski definition) is 0. The van der Waals surface area contributed by atoms with Crippen molar-refractivity contribution in [3.8, 4) is 0 Å². The molecular formula is C13H16ClN3OS. The number of nitrogens with zero attached hydrogens (tertiary/aromatic N) is 3. The van der Waals surface area contributed by atoms with Gasteiger partial charge in [0.25, 0.3) is 0 Å². The molecule has 6 heteroatoms. The zero-order chi connectivity index (χ0) is 13.2. The quantitative estimate of drug-likeness (QED) is 0.870. The number of aryl methyl sites for hydroxylation is 1. The van der Waals surface area contributed by atoms with E-state index in [0.29, 0.717) is 5.92 Å². The molecule has 1 aliphatic heterocycles. The van der Waals surface area contributed by atoms with Crippen LogP contribution in [0.2, 0.25) is 4.34 Å². The Morgan fingerprint density at radius 1 is 1.53 bits per heavy atom. The highest BCUT2D eigenvalue weighted by Crippen LogP contribution is 2.28. The van der Waals surface area contributed by atoms with Crippen molar-refractivity contribution in [1.82, 2.24) is 15.0 Å². The second-order valence-corrected chi connectivity index (χ2v) is 6.76. The fourth-order valence-electron chi connectivity index (χ4n) is 2.54. The van der Waals surface area contributed by atoms with Crippen molar-refractivity contribution in [3.63, 3.8) is 0 Å². The highest BCUT2D eigenvalue weighted by Gasteiger charge is 2.25. The summed E-state index contributed by atoms with van der Waals surface area (Å²) in [5.74, 6) is 1.87. The van der Waals surface area contributed by atoms with Crippen molar-refractivity contribution >= 4 is 22.9 Å². The van der Waals surface area contributed by atoms with Crippen molar-refractivity contribution in [2.24, 2.45) is 0 Å². The van der Waals surface area contributed by atoms with Crippen molar-refractivity contribution in [2.45, 2.75) is 32.2 Å².